The lowest BCUT2D eigenvalue weighted by Crippen LogP contribution is -2.17. The van der Waals surface area contributed by atoms with Crippen LogP contribution in [-0.2, 0) is 7.05 Å². The van der Waals surface area contributed by atoms with Crippen molar-refractivity contribution >= 4 is 12.0 Å². The highest BCUT2D eigenvalue weighted by Gasteiger charge is 2.18. The van der Waals surface area contributed by atoms with Crippen LogP contribution in [0.5, 0.6) is 5.75 Å². The maximum absolute atomic E-state index is 11.9. The van der Waals surface area contributed by atoms with Crippen LogP contribution in [0.2, 0.25) is 0 Å². The van der Waals surface area contributed by atoms with Gasteiger partial charge in [-0.3, -0.25) is 0 Å². The number of hydrogen-bond donors (Lipinski definition) is 1. The van der Waals surface area contributed by atoms with E-state index in [9.17, 15) is 20.4 Å². The second-order valence-electron chi connectivity index (χ2n) is 4.81. The van der Waals surface area contributed by atoms with Crippen molar-refractivity contribution in [1.29, 1.82) is 0 Å². The van der Waals surface area contributed by atoms with Crippen LogP contribution < -0.4 is 4.74 Å². The molecule has 9 heteroatoms. The average Bonchev–Trinajstić information content (AvgIpc) is 2.88. The number of benzene rings is 1. The molecule has 1 N–H and O–H groups in total. The third-order valence-corrected chi connectivity index (χ3v) is 3.30. The number of imidazole rings is 1. The SMILES string of the molecule is COc1ccc(C(O)C[N+]([O-])=Cc2ncc([N+](=O)[O-])n2C)cc1. The highest BCUT2D eigenvalue weighted by atomic mass is 16.6. The van der Waals surface area contributed by atoms with Gasteiger partial charge in [0.15, 0.2) is 6.54 Å². The molecular weight excluding hydrogens is 304 g/mol. The van der Waals surface area contributed by atoms with Crippen LogP contribution in [0.4, 0.5) is 5.82 Å². The zero-order valence-electron chi connectivity index (χ0n) is 12.6. The summed E-state index contributed by atoms with van der Waals surface area (Å²) in [7, 11) is 2.97. The molecule has 23 heavy (non-hydrogen) atoms. The summed E-state index contributed by atoms with van der Waals surface area (Å²) in [5.41, 5.74) is 0.561. The highest BCUT2D eigenvalue weighted by molar-refractivity contribution is 5.71. The van der Waals surface area contributed by atoms with Crippen molar-refractivity contribution in [2.75, 3.05) is 13.7 Å². The molecule has 2 aromatic rings. The van der Waals surface area contributed by atoms with Crippen molar-refractivity contribution in [2.45, 2.75) is 6.10 Å². The molecule has 0 amide bonds. The molecule has 0 fully saturated rings. The molecule has 0 bridgehead atoms. The van der Waals surface area contributed by atoms with Crippen molar-refractivity contribution in [1.82, 2.24) is 9.55 Å². The molecule has 0 saturated carbocycles. The lowest BCUT2D eigenvalue weighted by Gasteiger charge is -2.11. The van der Waals surface area contributed by atoms with Gasteiger partial charge in [0.2, 0.25) is 6.21 Å². The lowest BCUT2D eigenvalue weighted by molar-refractivity contribution is -0.465. The second-order valence-corrected chi connectivity index (χ2v) is 4.81. The number of hydroxylamine groups is 1. The third kappa shape index (κ3) is 3.83. The molecular formula is C14H16N4O5. The van der Waals surface area contributed by atoms with Gasteiger partial charge in [0, 0.05) is 0 Å². The Kier molecular flexibility index (Phi) is 4.91. The Morgan fingerprint density at radius 1 is 1.39 bits per heavy atom. The zero-order chi connectivity index (χ0) is 17.0. The molecule has 2 rings (SSSR count). The minimum atomic E-state index is -1.01. The van der Waals surface area contributed by atoms with Gasteiger partial charge in [0.1, 0.15) is 18.1 Å². The molecule has 1 heterocycles. The van der Waals surface area contributed by atoms with Gasteiger partial charge in [-0.05, 0) is 22.6 Å². The first kappa shape index (κ1) is 16.4. The molecule has 0 spiro atoms. The van der Waals surface area contributed by atoms with Crippen LogP contribution in [0.1, 0.15) is 17.5 Å². The van der Waals surface area contributed by atoms with E-state index >= 15 is 0 Å². The van der Waals surface area contributed by atoms with Gasteiger partial charge in [-0.25, -0.2) is 14.3 Å². The standard InChI is InChI=1S/C14H16N4O5/c1-16-13(15-7-14(16)18(21)22)9-17(20)8-12(19)10-3-5-11(23-2)6-4-10/h3-7,9,12,19H,8H2,1-2H3. The van der Waals surface area contributed by atoms with Crippen molar-refractivity contribution in [2.24, 2.45) is 7.05 Å². The van der Waals surface area contributed by atoms with Crippen LogP contribution in [0.3, 0.4) is 0 Å². The quantitative estimate of drug-likeness (QED) is 0.279. The van der Waals surface area contributed by atoms with Gasteiger partial charge in [0.05, 0.1) is 14.2 Å². The van der Waals surface area contributed by atoms with Crippen LogP contribution in [-0.4, -0.2) is 44.2 Å². The Bertz CT molecular complexity index is 723. The van der Waals surface area contributed by atoms with Gasteiger partial charge in [-0.15, -0.1) is 0 Å². The number of rotatable bonds is 6. The largest absolute Gasteiger partial charge is 0.624 e. The summed E-state index contributed by atoms with van der Waals surface area (Å²) in [6.45, 7) is -0.229. The molecule has 1 aromatic heterocycles. The van der Waals surface area contributed by atoms with E-state index in [0.29, 0.717) is 16.1 Å². The van der Waals surface area contributed by atoms with E-state index in [-0.39, 0.29) is 18.2 Å². The van der Waals surface area contributed by atoms with Gasteiger partial charge >= 0.3 is 5.82 Å². The molecule has 1 aromatic carbocycles. The monoisotopic (exact) mass is 320 g/mol. The number of nitrogens with zero attached hydrogens (tertiary/aromatic N) is 4. The van der Waals surface area contributed by atoms with E-state index in [1.165, 1.54) is 18.7 Å². The summed E-state index contributed by atoms with van der Waals surface area (Å²) in [4.78, 5) is 13.9. The lowest BCUT2D eigenvalue weighted by atomic mass is 10.1. The van der Waals surface area contributed by atoms with Crippen molar-refractivity contribution in [3.05, 3.63) is 57.2 Å². The molecule has 0 aliphatic carbocycles. The molecule has 0 aliphatic heterocycles. The van der Waals surface area contributed by atoms with E-state index in [1.54, 1.807) is 24.3 Å². The Labute approximate surface area is 131 Å². The van der Waals surface area contributed by atoms with Crippen LogP contribution in [0.25, 0.3) is 0 Å². The fourth-order valence-corrected chi connectivity index (χ4v) is 1.99. The Balaban J connectivity index is 2.10. The van der Waals surface area contributed by atoms with Gasteiger partial charge in [-0.2, -0.15) is 0 Å². The van der Waals surface area contributed by atoms with E-state index in [4.69, 9.17) is 4.74 Å². The predicted molar refractivity (Wildman–Crippen MR) is 81.5 cm³/mol. The van der Waals surface area contributed by atoms with Crippen LogP contribution in [0.15, 0.2) is 30.5 Å². The summed E-state index contributed by atoms with van der Waals surface area (Å²) < 4.78 is 6.69. The number of aliphatic hydroxyl groups excluding tert-OH is 1. The highest BCUT2D eigenvalue weighted by Crippen LogP contribution is 2.17. The summed E-state index contributed by atoms with van der Waals surface area (Å²) >= 11 is 0. The topological polar surface area (TPSA) is 116 Å². The molecule has 0 radical (unpaired) electrons. The number of ether oxygens (including phenoxy) is 1. The smallest absolute Gasteiger partial charge is 0.343 e. The van der Waals surface area contributed by atoms with E-state index < -0.39 is 11.0 Å². The molecule has 0 aliphatic rings. The first-order chi connectivity index (χ1) is 10.9. The number of aromatic nitrogens is 2. The van der Waals surface area contributed by atoms with Gasteiger partial charge < -0.3 is 25.2 Å². The molecule has 9 nitrogen and oxygen atoms in total. The Hall–Kier alpha value is -2.94. The molecule has 1 unspecified atom stereocenters. The Morgan fingerprint density at radius 3 is 2.57 bits per heavy atom. The predicted octanol–water partition coefficient (Wildman–Crippen LogP) is 1.000. The summed E-state index contributed by atoms with van der Waals surface area (Å²) in [5.74, 6) is 0.556. The van der Waals surface area contributed by atoms with Gasteiger partial charge in [0.25, 0.3) is 5.82 Å². The normalized spacial score (nSPS) is 12.9. The maximum Gasteiger partial charge on any atom is 0.343 e. The van der Waals surface area contributed by atoms with E-state index in [1.807, 2.05) is 0 Å². The second kappa shape index (κ2) is 6.88. The number of aliphatic hydroxyl groups is 1. The van der Waals surface area contributed by atoms with Gasteiger partial charge in [-0.1, -0.05) is 12.1 Å². The third-order valence-electron chi connectivity index (χ3n) is 3.30. The minimum absolute atomic E-state index is 0.133. The summed E-state index contributed by atoms with van der Waals surface area (Å²) in [6, 6.07) is 6.67. The summed E-state index contributed by atoms with van der Waals surface area (Å²) in [6.07, 6.45) is 1.16. The van der Waals surface area contributed by atoms with Crippen LogP contribution >= 0.6 is 0 Å². The number of methoxy groups -OCH3 is 1. The molecule has 122 valence electrons. The zero-order valence-corrected chi connectivity index (χ0v) is 12.6. The van der Waals surface area contributed by atoms with Crippen LogP contribution in [0, 0.1) is 15.3 Å². The van der Waals surface area contributed by atoms with Crippen molar-refractivity contribution < 1.29 is 19.5 Å². The minimum Gasteiger partial charge on any atom is -0.624 e. The first-order valence-corrected chi connectivity index (χ1v) is 6.69. The first-order valence-electron chi connectivity index (χ1n) is 6.69. The van der Waals surface area contributed by atoms with Crippen molar-refractivity contribution in [3.8, 4) is 5.75 Å². The fraction of sp³-hybridized carbons (Fsp3) is 0.286. The Morgan fingerprint density at radius 2 is 2.04 bits per heavy atom. The molecule has 1 atom stereocenters. The fourth-order valence-electron chi connectivity index (χ4n) is 1.99. The summed E-state index contributed by atoms with van der Waals surface area (Å²) in [5, 5.41) is 32.7. The van der Waals surface area contributed by atoms with E-state index in [0.717, 1.165) is 12.4 Å². The van der Waals surface area contributed by atoms with Crippen molar-refractivity contribution in [3.63, 3.8) is 0 Å². The number of nitro groups is 1. The van der Waals surface area contributed by atoms with E-state index in [2.05, 4.69) is 4.98 Å². The maximum atomic E-state index is 11.9. The molecule has 0 saturated heterocycles. The average molecular weight is 320 g/mol. The number of hydrogen-bond acceptors (Lipinski definition) is 6.